The van der Waals surface area contributed by atoms with Crippen molar-refractivity contribution < 1.29 is 4.74 Å². The molecule has 1 saturated heterocycles. The molecule has 0 amide bonds. The van der Waals surface area contributed by atoms with Gasteiger partial charge in [0.2, 0.25) is 0 Å². The van der Waals surface area contributed by atoms with E-state index in [4.69, 9.17) is 17.0 Å². The topological polar surface area (TPSA) is 24.5 Å². The van der Waals surface area contributed by atoms with Gasteiger partial charge in [0.1, 0.15) is 0 Å². The number of halogens is 1. The zero-order valence-corrected chi connectivity index (χ0v) is 11.2. The molecule has 0 atom stereocenters. The van der Waals surface area contributed by atoms with Crippen molar-refractivity contribution in [3.63, 3.8) is 0 Å². The molecule has 0 saturated carbocycles. The van der Waals surface area contributed by atoms with E-state index in [9.17, 15) is 0 Å². The highest BCUT2D eigenvalue weighted by molar-refractivity contribution is 9.10. The number of hydrogen-bond acceptors (Lipinski definition) is 2. The number of rotatable bonds is 1. The van der Waals surface area contributed by atoms with Crippen LogP contribution in [-0.2, 0) is 4.74 Å². The van der Waals surface area contributed by atoms with Gasteiger partial charge in [0.25, 0.3) is 0 Å². The summed E-state index contributed by atoms with van der Waals surface area (Å²) in [7, 11) is 0. The summed E-state index contributed by atoms with van der Waals surface area (Å²) in [5.74, 6) is 0. The van der Waals surface area contributed by atoms with Crippen molar-refractivity contribution in [1.82, 2.24) is 4.90 Å². The lowest BCUT2D eigenvalue weighted by Crippen LogP contribution is -2.42. The summed E-state index contributed by atoms with van der Waals surface area (Å²) in [6.07, 6.45) is 0. The number of thiocarbonyl (C=S) groups is 1. The third kappa shape index (κ3) is 3.17. The lowest BCUT2D eigenvalue weighted by Gasteiger charge is -2.29. The fraction of sp³-hybridized carbons (Fsp3) is 0.364. The molecule has 2 rings (SSSR count). The van der Waals surface area contributed by atoms with Gasteiger partial charge in [-0.15, -0.1) is 0 Å². The van der Waals surface area contributed by atoms with E-state index in [1.54, 1.807) is 0 Å². The van der Waals surface area contributed by atoms with Gasteiger partial charge >= 0.3 is 0 Å². The molecular formula is C11H13BrN2OS. The normalized spacial score (nSPS) is 15.9. The number of anilines is 1. The number of ether oxygens (including phenoxy) is 1. The van der Waals surface area contributed by atoms with Crippen LogP contribution in [0, 0.1) is 0 Å². The van der Waals surface area contributed by atoms with Crippen LogP contribution in [0.1, 0.15) is 0 Å². The van der Waals surface area contributed by atoms with Crippen molar-refractivity contribution in [2.24, 2.45) is 0 Å². The van der Waals surface area contributed by atoms with E-state index >= 15 is 0 Å². The zero-order valence-electron chi connectivity index (χ0n) is 8.78. The molecule has 1 aromatic rings. The van der Waals surface area contributed by atoms with Gasteiger partial charge in [-0.05, 0) is 30.4 Å². The van der Waals surface area contributed by atoms with E-state index in [1.165, 1.54) is 0 Å². The predicted molar refractivity (Wildman–Crippen MR) is 72.8 cm³/mol. The van der Waals surface area contributed by atoms with Gasteiger partial charge in [0.15, 0.2) is 5.11 Å². The molecule has 5 heteroatoms. The van der Waals surface area contributed by atoms with Crippen LogP contribution < -0.4 is 5.32 Å². The van der Waals surface area contributed by atoms with Crippen LogP contribution in [0.25, 0.3) is 0 Å². The monoisotopic (exact) mass is 300 g/mol. The van der Waals surface area contributed by atoms with E-state index in [2.05, 4.69) is 26.1 Å². The van der Waals surface area contributed by atoms with Crippen LogP contribution in [0.2, 0.25) is 0 Å². The lowest BCUT2D eigenvalue weighted by atomic mass is 10.3. The van der Waals surface area contributed by atoms with Gasteiger partial charge in [-0.2, -0.15) is 0 Å². The molecule has 0 aliphatic carbocycles. The Kier molecular flexibility index (Phi) is 4.15. The third-order valence-electron chi connectivity index (χ3n) is 2.37. The number of benzene rings is 1. The van der Waals surface area contributed by atoms with Crippen LogP contribution in [0.5, 0.6) is 0 Å². The highest BCUT2D eigenvalue weighted by atomic mass is 79.9. The van der Waals surface area contributed by atoms with Crippen LogP contribution in [-0.4, -0.2) is 36.3 Å². The Balaban J connectivity index is 1.96. The molecule has 1 fully saturated rings. The van der Waals surface area contributed by atoms with Crippen molar-refractivity contribution in [2.45, 2.75) is 0 Å². The Labute approximate surface area is 109 Å². The van der Waals surface area contributed by atoms with Crippen molar-refractivity contribution >= 4 is 38.9 Å². The molecule has 0 bridgehead atoms. The van der Waals surface area contributed by atoms with E-state index in [-0.39, 0.29) is 0 Å². The minimum absolute atomic E-state index is 0.750. The smallest absolute Gasteiger partial charge is 0.173 e. The fourth-order valence-electron chi connectivity index (χ4n) is 1.54. The van der Waals surface area contributed by atoms with Gasteiger partial charge in [-0.1, -0.05) is 22.0 Å². The number of morpholine rings is 1. The summed E-state index contributed by atoms with van der Waals surface area (Å²) in [5.41, 5.74) is 1.01. The molecule has 0 spiro atoms. The summed E-state index contributed by atoms with van der Waals surface area (Å²) < 4.78 is 6.33. The SMILES string of the molecule is S=C(Nc1cccc(Br)c1)N1CCOCC1. The first kappa shape index (κ1) is 11.8. The Morgan fingerprint density at radius 1 is 1.38 bits per heavy atom. The number of nitrogens with zero attached hydrogens (tertiary/aromatic N) is 1. The summed E-state index contributed by atoms with van der Waals surface area (Å²) in [6.45, 7) is 3.22. The largest absolute Gasteiger partial charge is 0.378 e. The van der Waals surface area contributed by atoms with Crippen molar-refractivity contribution in [3.8, 4) is 0 Å². The van der Waals surface area contributed by atoms with Gasteiger partial charge in [-0.3, -0.25) is 0 Å². The standard InChI is InChI=1S/C11H13BrN2OS/c12-9-2-1-3-10(8-9)13-11(16)14-4-6-15-7-5-14/h1-3,8H,4-7H2,(H,13,16). The van der Waals surface area contributed by atoms with E-state index in [0.29, 0.717) is 0 Å². The van der Waals surface area contributed by atoms with Crippen molar-refractivity contribution in [1.29, 1.82) is 0 Å². The Hall–Kier alpha value is -0.650. The average molecular weight is 301 g/mol. The quantitative estimate of drug-likeness (QED) is 0.806. The van der Waals surface area contributed by atoms with Crippen LogP contribution in [0.3, 0.4) is 0 Å². The summed E-state index contributed by atoms with van der Waals surface area (Å²) in [6, 6.07) is 7.97. The Morgan fingerprint density at radius 3 is 2.81 bits per heavy atom. The van der Waals surface area contributed by atoms with E-state index in [1.807, 2.05) is 24.3 Å². The van der Waals surface area contributed by atoms with Crippen molar-refractivity contribution in [2.75, 3.05) is 31.6 Å². The van der Waals surface area contributed by atoms with E-state index < -0.39 is 0 Å². The first-order valence-electron chi connectivity index (χ1n) is 5.15. The summed E-state index contributed by atoms with van der Waals surface area (Å²) in [4.78, 5) is 2.12. The highest BCUT2D eigenvalue weighted by Gasteiger charge is 2.13. The highest BCUT2D eigenvalue weighted by Crippen LogP contribution is 2.16. The molecule has 0 aromatic heterocycles. The van der Waals surface area contributed by atoms with Crippen LogP contribution in [0.4, 0.5) is 5.69 Å². The molecule has 1 aliphatic rings. The molecule has 1 aliphatic heterocycles. The van der Waals surface area contributed by atoms with E-state index in [0.717, 1.165) is 41.6 Å². The second-order valence-electron chi connectivity index (χ2n) is 3.54. The van der Waals surface area contributed by atoms with Crippen LogP contribution in [0.15, 0.2) is 28.7 Å². The van der Waals surface area contributed by atoms with Gasteiger partial charge in [0, 0.05) is 23.2 Å². The Bertz CT molecular complexity index is 380. The molecule has 0 radical (unpaired) electrons. The zero-order chi connectivity index (χ0) is 11.4. The molecule has 16 heavy (non-hydrogen) atoms. The Morgan fingerprint density at radius 2 is 2.12 bits per heavy atom. The van der Waals surface area contributed by atoms with Crippen molar-refractivity contribution in [3.05, 3.63) is 28.7 Å². The number of nitrogens with one attached hydrogen (secondary N) is 1. The van der Waals surface area contributed by atoms with Gasteiger partial charge in [-0.25, -0.2) is 0 Å². The summed E-state index contributed by atoms with van der Waals surface area (Å²) in [5, 5.41) is 3.99. The molecule has 1 heterocycles. The molecule has 1 aromatic carbocycles. The predicted octanol–water partition coefficient (Wildman–Crippen LogP) is 2.48. The maximum Gasteiger partial charge on any atom is 0.173 e. The van der Waals surface area contributed by atoms with Gasteiger partial charge < -0.3 is 15.0 Å². The first-order valence-corrected chi connectivity index (χ1v) is 6.35. The minimum atomic E-state index is 0.750. The third-order valence-corrected chi connectivity index (χ3v) is 3.23. The summed E-state index contributed by atoms with van der Waals surface area (Å²) >= 11 is 8.77. The maximum absolute atomic E-state index is 5.34. The molecule has 3 nitrogen and oxygen atoms in total. The lowest BCUT2D eigenvalue weighted by molar-refractivity contribution is 0.0690. The second kappa shape index (κ2) is 5.61. The fourth-order valence-corrected chi connectivity index (χ4v) is 2.23. The molecular weight excluding hydrogens is 288 g/mol. The first-order chi connectivity index (χ1) is 7.75. The van der Waals surface area contributed by atoms with Crippen LogP contribution >= 0.6 is 28.1 Å². The molecule has 0 unspecified atom stereocenters. The second-order valence-corrected chi connectivity index (χ2v) is 4.84. The minimum Gasteiger partial charge on any atom is -0.378 e. The van der Waals surface area contributed by atoms with Gasteiger partial charge in [0.05, 0.1) is 13.2 Å². The maximum atomic E-state index is 5.34. The molecule has 86 valence electrons. The molecule has 1 N–H and O–H groups in total. The average Bonchev–Trinajstić information content (AvgIpc) is 2.30. The number of hydrogen-bond donors (Lipinski definition) is 1.